The molecule has 0 saturated carbocycles. The molecule has 0 spiro atoms. The third kappa shape index (κ3) is 1.38. The standard InChI is InChI=1S/C11H12O2/c1-7(12)10-4-2-3-8-5-9(13)6-11(8)10/h2-4,9,13H,5-6H2,1H3. The van der Waals surface area contributed by atoms with Crippen LogP contribution in [0.3, 0.4) is 0 Å². The van der Waals surface area contributed by atoms with E-state index >= 15 is 0 Å². The lowest BCUT2D eigenvalue weighted by Gasteiger charge is -2.03. The fraction of sp³-hybridized carbons (Fsp3) is 0.364. The highest BCUT2D eigenvalue weighted by Gasteiger charge is 2.22. The number of benzene rings is 1. The highest BCUT2D eigenvalue weighted by Crippen LogP contribution is 2.25. The number of hydrogen-bond acceptors (Lipinski definition) is 2. The fourth-order valence-electron chi connectivity index (χ4n) is 1.96. The van der Waals surface area contributed by atoms with Crippen LogP contribution in [-0.4, -0.2) is 17.0 Å². The van der Waals surface area contributed by atoms with E-state index in [0.29, 0.717) is 12.8 Å². The monoisotopic (exact) mass is 176 g/mol. The van der Waals surface area contributed by atoms with Crippen molar-refractivity contribution in [2.24, 2.45) is 0 Å². The van der Waals surface area contributed by atoms with Crippen LogP contribution in [-0.2, 0) is 12.8 Å². The first-order chi connectivity index (χ1) is 6.18. The van der Waals surface area contributed by atoms with Crippen molar-refractivity contribution in [1.82, 2.24) is 0 Å². The number of ketones is 1. The van der Waals surface area contributed by atoms with Gasteiger partial charge < -0.3 is 5.11 Å². The molecule has 1 aliphatic rings. The minimum atomic E-state index is -0.296. The number of fused-ring (bicyclic) bond motifs is 1. The molecule has 68 valence electrons. The van der Waals surface area contributed by atoms with Gasteiger partial charge in [-0.05, 0) is 30.9 Å². The van der Waals surface area contributed by atoms with Gasteiger partial charge in [0.25, 0.3) is 0 Å². The first kappa shape index (κ1) is 8.45. The van der Waals surface area contributed by atoms with Crippen molar-refractivity contribution in [1.29, 1.82) is 0 Å². The summed E-state index contributed by atoms with van der Waals surface area (Å²) in [6.45, 7) is 1.57. The van der Waals surface area contributed by atoms with Crippen LogP contribution in [0.25, 0.3) is 0 Å². The summed E-state index contributed by atoms with van der Waals surface area (Å²) >= 11 is 0. The number of carbonyl (C=O) groups excluding carboxylic acids is 1. The van der Waals surface area contributed by atoms with Crippen LogP contribution in [0.5, 0.6) is 0 Å². The van der Waals surface area contributed by atoms with Crippen molar-refractivity contribution in [3.8, 4) is 0 Å². The number of carbonyl (C=O) groups is 1. The van der Waals surface area contributed by atoms with Gasteiger partial charge in [-0.2, -0.15) is 0 Å². The average molecular weight is 176 g/mol. The van der Waals surface area contributed by atoms with E-state index in [1.165, 1.54) is 0 Å². The van der Waals surface area contributed by atoms with Crippen LogP contribution in [0.2, 0.25) is 0 Å². The molecule has 0 amide bonds. The molecule has 1 atom stereocenters. The van der Waals surface area contributed by atoms with E-state index in [-0.39, 0.29) is 11.9 Å². The van der Waals surface area contributed by atoms with Crippen LogP contribution in [0.15, 0.2) is 18.2 Å². The molecule has 2 heteroatoms. The first-order valence-electron chi connectivity index (χ1n) is 4.48. The molecule has 0 fully saturated rings. The zero-order valence-electron chi connectivity index (χ0n) is 7.58. The van der Waals surface area contributed by atoms with Gasteiger partial charge >= 0.3 is 0 Å². The fourth-order valence-corrected chi connectivity index (χ4v) is 1.96. The summed E-state index contributed by atoms with van der Waals surface area (Å²) in [6.07, 6.45) is 1.03. The van der Waals surface area contributed by atoms with E-state index in [9.17, 15) is 9.90 Å². The van der Waals surface area contributed by atoms with Crippen LogP contribution in [0.4, 0.5) is 0 Å². The molecule has 1 N–H and O–H groups in total. The second-order valence-electron chi connectivity index (χ2n) is 3.56. The Bertz CT molecular complexity index is 355. The molecule has 0 aromatic heterocycles. The van der Waals surface area contributed by atoms with E-state index in [1.807, 2.05) is 18.2 Å². The van der Waals surface area contributed by atoms with E-state index in [0.717, 1.165) is 16.7 Å². The van der Waals surface area contributed by atoms with Gasteiger partial charge in [0.1, 0.15) is 0 Å². The van der Waals surface area contributed by atoms with E-state index < -0.39 is 0 Å². The number of aliphatic hydroxyl groups excluding tert-OH is 1. The summed E-state index contributed by atoms with van der Waals surface area (Å²) < 4.78 is 0. The Hall–Kier alpha value is -1.15. The second-order valence-corrected chi connectivity index (χ2v) is 3.56. The zero-order chi connectivity index (χ0) is 9.42. The maximum Gasteiger partial charge on any atom is 0.160 e. The van der Waals surface area contributed by atoms with Gasteiger partial charge in [0.15, 0.2) is 5.78 Å². The highest BCUT2D eigenvalue weighted by atomic mass is 16.3. The molecule has 1 aliphatic carbocycles. The molecule has 0 saturated heterocycles. The predicted octanol–water partition coefficient (Wildman–Crippen LogP) is 1.35. The molecule has 2 rings (SSSR count). The Balaban J connectivity index is 2.51. The lowest BCUT2D eigenvalue weighted by atomic mass is 10.0. The maximum absolute atomic E-state index is 11.2. The van der Waals surface area contributed by atoms with Crippen molar-refractivity contribution in [2.45, 2.75) is 25.9 Å². The molecule has 0 radical (unpaired) electrons. The predicted molar refractivity (Wildman–Crippen MR) is 49.9 cm³/mol. The van der Waals surface area contributed by atoms with Crippen molar-refractivity contribution in [3.63, 3.8) is 0 Å². The first-order valence-corrected chi connectivity index (χ1v) is 4.48. The average Bonchev–Trinajstić information content (AvgIpc) is 2.43. The molecule has 1 unspecified atom stereocenters. The summed E-state index contributed by atoms with van der Waals surface area (Å²) in [6, 6.07) is 5.70. The molecule has 1 aromatic carbocycles. The van der Waals surface area contributed by atoms with Gasteiger partial charge in [0, 0.05) is 5.56 Å². The largest absolute Gasteiger partial charge is 0.392 e. The zero-order valence-corrected chi connectivity index (χ0v) is 7.58. The van der Waals surface area contributed by atoms with Crippen LogP contribution in [0.1, 0.15) is 28.4 Å². The van der Waals surface area contributed by atoms with Crippen molar-refractivity contribution in [2.75, 3.05) is 0 Å². The molecule has 0 heterocycles. The number of Topliss-reactive ketones (excluding diaryl/α,β-unsaturated/α-hetero) is 1. The topological polar surface area (TPSA) is 37.3 Å². The van der Waals surface area contributed by atoms with Crippen LogP contribution >= 0.6 is 0 Å². The third-order valence-electron chi connectivity index (χ3n) is 2.55. The van der Waals surface area contributed by atoms with Gasteiger partial charge in [-0.15, -0.1) is 0 Å². The number of aliphatic hydroxyl groups is 1. The Labute approximate surface area is 77.2 Å². The molecule has 13 heavy (non-hydrogen) atoms. The normalized spacial score (nSPS) is 20.0. The summed E-state index contributed by atoms with van der Waals surface area (Å²) in [5, 5.41) is 9.45. The van der Waals surface area contributed by atoms with E-state index in [1.54, 1.807) is 6.92 Å². The van der Waals surface area contributed by atoms with Gasteiger partial charge in [-0.25, -0.2) is 0 Å². The summed E-state index contributed by atoms with van der Waals surface area (Å²) in [7, 11) is 0. The lowest BCUT2D eigenvalue weighted by Crippen LogP contribution is -2.05. The highest BCUT2D eigenvalue weighted by molar-refractivity contribution is 5.96. The Kier molecular flexibility index (Phi) is 1.93. The second kappa shape index (κ2) is 2.96. The van der Waals surface area contributed by atoms with Crippen molar-refractivity contribution in [3.05, 3.63) is 34.9 Å². The summed E-state index contributed by atoms with van der Waals surface area (Å²) in [5.41, 5.74) is 2.94. The van der Waals surface area contributed by atoms with Crippen LogP contribution < -0.4 is 0 Å². The smallest absolute Gasteiger partial charge is 0.160 e. The summed E-state index contributed by atoms with van der Waals surface area (Å²) in [5.74, 6) is 0.0888. The quantitative estimate of drug-likeness (QED) is 0.656. The van der Waals surface area contributed by atoms with Crippen molar-refractivity contribution >= 4 is 5.78 Å². The Morgan fingerprint density at radius 3 is 2.92 bits per heavy atom. The van der Waals surface area contributed by atoms with Gasteiger partial charge in [0.05, 0.1) is 6.10 Å². The van der Waals surface area contributed by atoms with E-state index in [4.69, 9.17) is 0 Å². The number of hydrogen-bond donors (Lipinski definition) is 1. The molecule has 1 aromatic rings. The van der Waals surface area contributed by atoms with Crippen LogP contribution in [0, 0.1) is 0 Å². The lowest BCUT2D eigenvalue weighted by molar-refractivity contribution is 0.101. The SMILES string of the molecule is CC(=O)c1cccc2c1CC(O)C2. The molecule has 0 aliphatic heterocycles. The molecule has 2 nitrogen and oxygen atoms in total. The van der Waals surface area contributed by atoms with Crippen molar-refractivity contribution < 1.29 is 9.90 Å². The minimum Gasteiger partial charge on any atom is -0.392 e. The van der Waals surface area contributed by atoms with Gasteiger partial charge in [-0.3, -0.25) is 4.79 Å². The summed E-state index contributed by atoms with van der Waals surface area (Å²) in [4.78, 5) is 11.2. The molecular formula is C11H12O2. The molecular weight excluding hydrogens is 164 g/mol. The number of rotatable bonds is 1. The van der Waals surface area contributed by atoms with Gasteiger partial charge in [-0.1, -0.05) is 18.2 Å². The minimum absolute atomic E-state index is 0.0888. The third-order valence-corrected chi connectivity index (χ3v) is 2.55. The molecule has 0 bridgehead atoms. The van der Waals surface area contributed by atoms with E-state index in [2.05, 4.69) is 0 Å². The Morgan fingerprint density at radius 2 is 2.23 bits per heavy atom. The van der Waals surface area contributed by atoms with Gasteiger partial charge in [0.2, 0.25) is 0 Å². The Morgan fingerprint density at radius 1 is 1.46 bits per heavy atom. The maximum atomic E-state index is 11.2.